The van der Waals surface area contributed by atoms with E-state index in [1.165, 1.54) is 12.1 Å². The molecule has 0 aliphatic carbocycles. The smallest absolute Gasteiger partial charge is 0.161 e. The molecular weight excluding hydrogens is 235 g/mol. The average molecular weight is 247 g/mol. The number of benzene rings is 1. The summed E-state index contributed by atoms with van der Waals surface area (Å²) in [6, 6.07) is 4.36. The van der Waals surface area contributed by atoms with Gasteiger partial charge in [-0.15, -0.1) is 0 Å². The van der Waals surface area contributed by atoms with Gasteiger partial charge in [-0.1, -0.05) is 11.6 Å². The lowest BCUT2D eigenvalue weighted by Crippen LogP contribution is -2.12. The molecule has 0 radical (unpaired) electrons. The van der Waals surface area contributed by atoms with E-state index >= 15 is 0 Å². The van der Waals surface area contributed by atoms with Crippen LogP contribution in [0.25, 0.3) is 0 Å². The molecule has 1 heterocycles. The number of ether oxygens (including phenoxy) is 3. The van der Waals surface area contributed by atoms with Crippen LogP contribution >= 0.6 is 11.6 Å². The Bertz CT molecular complexity index is 353. The Morgan fingerprint density at radius 3 is 2.81 bits per heavy atom. The summed E-state index contributed by atoms with van der Waals surface area (Å²) in [6.07, 6.45) is 0.432. The Labute approximate surface area is 98.1 Å². The largest absolute Gasteiger partial charge is 0.493 e. The van der Waals surface area contributed by atoms with Crippen molar-refractivity contribution >= 4 is 11.6 Å². The van der Waals surface area contributed by atoms with Gasteiger partial charge in [0, 0.05) is 12.5 Å². The minimum absolute atomic E-state index is 0.0924. The van der Waals surface area contributed by atoms with Crippen molar-refractivity contribution in [2.45, 2.75) is 12.7 Å². The molecule has 5 heteroatoms. The van der Waals surface area contributed by atoms with Gasteiger partial charge in [0.15, 0.2) is 6.29 Å². The van der Waals surface area contributed by atoms with E-state index in [1.54, 1.807) is 6.07 Å². The topological polar surface area (TPSA) is 27.7 Å². The molecule has 88 valence electrons. The highest BCUT2D eigenvalue weighted by molar-refractivity contribution is 6.30. The van der Waals surface area contributed by atoms with Gasteiger partial charge < -0.3 is 14.2 Å². The molecule has 1 aliphatic rings. The van der Waals surface area contributed by atoms with Gasteiger partial charge in [0.2, 0.25) is 0 Å². The molecule has 0 unspecified atom stereocenters. The summed E-state index contributed by atoms with van der Waals surface area (Å²) < 4.78 is 28.9. The highest BCUT2D eigenvalue weighted by Gasteiger charge is 2.15. The molecule has 16 heavy (non-hydrogen) atoms. The van der Waals surface area contributed by atoms with Crippen LogP contribution < -0.4 is 4.74 Å². The van der Waals surface area contributed by atoms with Crippen LogP contribution in [0.15, 0.2) is 18.2 Å². The molecule has 0 atom stereocenters. The molecule has 1 aromatic rings. The summed E-state index contributed by atoms with van der Waals surface area (Å²) in [5.74, 6) is -0.0209. The second-order valence-electron chi connectivity index (χ2n) is 3.38. The monoisotopic (exact) mass is 246 g/mol. The maximum atomic E-state index is 13.0. The molecule has 0 bridgehead atoms. The first-order valence-corrected chi connectivity index (χ1v) is 5.44. The van der Waals surface area contributed by atoms with E-state index in [-0.39, 0.29) is 11.3 Å². The Balaban J connectivity index is 1.78. The van der Waals surface area contributed by atoms with E-state index in [0.717, 1.165) is 0 Å². The quantitative estimate of drug-likeness (QED) is 0.817. The van der Waals surface area contributed by atoms with Gasteiger partial charge in [0.1, 0.15) is 11.6 Å². The SMILES string of the molecule is Fc1cc(OCCC2OCCO2)ccc1Cl. The van der Waals surface area contributed by atoms with Crippen LogP contribution in [0.1, 0.15) is 6.42 Å². The second-order valence-corrected chi connectivity index (χ2v) is 3.79. The third-order valence-corrected chi connectivity index (χ3v) is 2.51. The normalized spacial score (nSPS) is 16.6. The second kappa shape index (κ2) is 5.48. The lowest BCUT2D eigenvalue weighted by Gasteiger charge is -2.10. The Hall–Kier alpha value is -0.840. The standard InChI is InChI=1S/C11H12ClFO3/c12-9-2-1-8(7-10(9)13)14-4-3-11-15-5-6-16-11/h1-2,7,11H,3-6H2. The number of rotatable bonds is 4. The third kappa shape index (κ3) is 3.07. The molecular formula is C11H12ClFO3. The summed E-state index contributed by atoms with van der Waals surface area (Å²) in [7, 11) is 0. The van der Waals surface area contributed by atoms with Crippen molar-refractivity contribution in [1.82, 2.24) is 0 Å². The van der Waals surface area contributed by atoms with Gasteiger partial charge in [-0.25, -0.2) is 4.39 Å². The molecule has 0 amide bonds. The lowest BCUT2D eigenvalue weighted by molar-refractivity contribution is -0.0531. The van der Waals surface area contributed by atoms with Crippen molar-refractivity contribution in [2.75, 3.05) is 19.8 Å². The zero-order chi connectivity index (χ0) is 11.4. The first kappa shape index (κ1) is 11.6. The van der Waals surface area contributed by atoms with Gasteiger partial charge >= 0.3 is 0 Å². The van der Waals surface area contributed by atoms with Crippen LogP contribution in [0, 0.1) is 5.82 Å². The molecule has 1 aromatic carbocycles. The van der Waals surface area contributed by atoms with Crippen LogP contribution in [0.3, 0.4) is 0 Å². The first-order valence-electron chi connectivity index (χ1n) is 5.07. The molecule has 2 rings (SSSR count). The van der Waals surface area contributed by atoms with E-state index in [1.807, 2.05) is 0 Å². The van der Waals surface area contributed by atoms with Gasteiger partial charge in [0.25, 0.3) is 0 Å². The van der Waals surface area contributed by atoms with Crippen molar-refractivity contribution in [1.29, 1.82) is 0 Å². The minimum Gasteiger partial charge on any atom is -0.493 e. The van der Waals surface area contributed by atoms with Gasteiger partial charge in [-0.2, -0.15) is 0 Å². The van der Waals surface area contributed by atoms with Crippen molar-refractivity contribution in [3.63, 3.8) is 0 Å². The van der Waals surface area contributed by atoms with Gasteiger partial charge in [-0.05, 0) is 12.1 Å². The summed E-state index contributed by atoms with van der Waals surface area (Å²) in [6.45, 7) is 1.67. The van der Waals surface area contributed by atoms with E-state index in [2.05, 4.69) is 0 Å². The zero-order valence-corrected chi connectivity index (χ0v) is 9.37. The summed E-state index contributed by atoms with van der Waals surface area (Å²) >= 11 is 5.55. The third-order valence-electron chi connectivity index (χ3n) is 2.20. The Kier molecular flexibility index (Phi) is 3.98. The summed E-state index contributed by atoms with van der Waals surface area (Å²) in [4.78, 5) is 0. The summed E-state index contributed by atoms with van der Waals surface area (Å²) in [5.41, 5.74) is 0. The molecule has 0 spiro atoms. The van der Waals surface area contributed by atoms with E-state index < -0.39 is 5.82 Å². The van der Waals surface area contributed by atoms with E-state index in [9.17, 15) is 4.39 Å². The molecule has 1 saturated heterocycles. The van der Waals surface area contributed by atoms with Crippen molar-refractivity contribution in [3.05, 3.63) is 29.0 Å². The van der Waals surface area contributed by atoms with E-state index in [0.29, 0.717) is 32.0 Å². The van der Waals surface area contributed by atoms with Gasteiger partial charge in [-0.3, -0.25) is 0 Å². The molecule has 0 aromatic heterocycles. The highest BCUT2D eigenvalue weighted by Crippen LogP contribution is 2.20. The molecule has 0 N–H and O–H groups in total. The summed E-state index contributed by atoms with van der Waals surface area (Å²) in [5, 5.41) is 0.0924. The van der Waals surface area contributed by atoms with Crippen LogP contribution in [-0.4, -0.2) is 26.1 Å². The maximum absolute atomic E-state index is 13.0. The van der Waals surface area contributed by atoms with Crippen molar-refractivity contribution in [3.8, 4) is 5.75 Å². The molecule has 3 nitrogen and oxygen atoms in total. The average Bonchev–Trinajstić information content (AvgIpc) is 2.76. The first-order chi connectivity index (χ1) is 7.75. The highest BCUT2D eigenvalue weighted by atomic mass is 35.5. The Morgan fingerprint density at radius 2 is 2.12 bits per heavy atom. The maximum Gasteiger partial charge on any atom is 0.161 e. The minimum atomic E-state index is -0.479. The van der Waals surface area contributed by atoms with Gasteiger partial charge in [0.05, 0.1) is 24.8 Å². The number of hydrogen-bond donors (Lipinski definition) is 0. The lowest BCUT2D eigenvalue weighted by atomic mass is 10.3. The molecule has 1 aliphatic heterocycles. The van der Waals surface area contributed by atoms with E-state index in [4.69, 9.17) is 25.8 Å². The van der Waals surface area contributed by atoms with Crippen LogP contribution in [-0.2, 0) is 9.47 Å². The number of halogens is 2. The van der Waals surface area contributed by atoms with Crippen LogP contribution in [0.4, 0.5) is 4.39 Å². The Morgan fingerprint density at radius 1 is 1.38 bits per heavy atom. The fourth-order valence-electron chi connectivity index (χ4n) is 1.41. The zero-order valence-electron chi connectivity index (χ0n) is 8.62. The van der Waals surface area contributed by atoms with Crippen molar-refractivity contribution in [2.24, 2.45) is 0 Å². The molecule has 0 saturated carbocycles. The predicted octanol–water partition coefficient (Wildman–Crippen LogP) is 2.62. The van der Waals surface area contributed by atoms with Crippen molar-refractivity contribution < 1.29 is 18.6 Å². The number of hydrogen-bond acceptors (Lipinski definition) is 3. The molecule has 1 fully saturated rings. The van der Waals surface area contributed by atoms with Crippen LogP contribution in [0.5, 0.6) is 5.75 Å². The predicted molar refractivity (Wildman–Crippen MR) is 57.2 cm³/mol. The van der Waals surface area contributed by atoms with Crippen LogP contribution in [0.2, 0.25) is 5.02 Å². The fraction of sp³-hybridized carbons (Fsp3) is 0.455. The fourth-order valence-corrected chi connectivity index (χ4v) is 1.53.